The molecule has 2 fully saturated rings. The molecule has 2 aliphatic heterocycles. The summed E-state index contributed by atoms with van der Waals surface area (Å²) in [5.41, 5.74) is 3.27. The van der Waals surface area contributed by atoms with Crippen LogP contribution in [0, 0.1) is 0 Å². The molecule has 1 unspecified atom stereocenters. The molecule has 0 radical (unpaired) electrons. The van der Waals surface area contributed by atoms with Gasteiger partial charge in [-0.2, -0.15) is 0 Å². The number of piperidine rings is 1. The second-order valence-electron chi connectivity index (χ2n) is 8.05. The van der Waals surface area contributed by atoms with Gasteiger partial charge >= 0.3 is 0 Å². The fraction of sp³-hybridized carbons (Fsp3) is 0.391. The fourth-order valence-electron chi connectivity index (χ4n) is 4.83. The fourth-order valence-corrected chi connectivity index (χ4v) is 4.83. The van der Waals surface area contributed by atoms with Crippen LogP contribution in [0.25, 0.3) is 16.9 Å². The first-order valence-electron chi connectivity index (χ1n) is 10.2. The number of ether oxygens (including phenoxy) is 2. The zero-order valence-electron chi connectivity index (χ0n) is 16.7. The number of pyridine rings is 1. The standard InChI is InChI=1S/C23H25N3O3/c1-28-20-7-3-14(11-21(20)29-2)19-12-23(27)26-13-15(4-8-22(26)25-19)16-9-17-5-6-18(10-16)24-17/h3-4,7-8,11-13,16-18,24H,5-6,9-10H2,1-2H3/t16?,17-,18+. The van der Waals surface area contributed by atoms with Crippen LogP contribution in [-0.4, -0.2) is 35.7 Å². The molecule has 3 aromatic rings. The molecule has 2 aromatic heterocycles. The smallest absolute Gasteiger partial charge is 0.258 e. The summed E-state index contributed by atoms with van der Waals surface area (Å²) < 4.78 is 12.3. The highest BCUT2D eigenvalue weighted by Crippen LogP contribution is 2.37. The molecule has 5 rings (SSSR count). The van der Waals surface area contributed by atoms with Crippen molar-refractivity contribution in [3.05, 3.63) is 58.5 Å². The summed E-state index contributed by atoms with van der Waals surface area (Å²) in [5.74, 6) is 1.77. The Balaban J connectivity index is 1.51. The van der Waals surface area contributed by atoms with Gasteiger partial charge in [0.2, 0.25) is 0 Å². The van der Waals surface area contributed by atoms with E-state index in [0.29, 0.717) is 40.8 Å². The second-order valence-corrected chi connectivity index (χ2v) is 8.05. The first-order valence-corrected chi connectivity index (χ1v) is 10.2. The molecule has 29 heavy (non-hydrogen) atoms. The zero-order valence-corrected chi connectivity index (χ0v) is 16.7. The van der Waals surface area contributed by atoms with Crippen molar-refractivity contribution in [2.24, 2.45) is 0 Å². The van der Waals surface area contributed by atoms with Crippen LogP contribution >= 0.6 is 0 Å². The van der Waals surface area contributed by atoms with Gasteiger partial charge in [0.1, 0.15) is 5.65 Å². The highest BCUT2D eigenvalue weighted by Gasteiger charge is 2.34. The number of aromatic nitrogens is 2. The Morgan fingerprint density at radius 2 is 1.76 bits per heavy atom. The average Bonchev–Trinajstić information content (AvgIpc) is 3.10. The van der Waals surface area contributed by atoms with Crippen LogP contribution in [-0.2, 0) is 0 Å². The molecule has 1 N–H and O–H groups in total. The summed E-state index contributed by atoms with van der Waals surface area (Å²) in [6.07, 6.45) is 6.82. The Morgan fingerprint density at radius 3 is 2.48 bits per heavy atom. The third-order valence-corrected chi connectivity index (χ3v) is 6.31. The Labute approximate surface area is 169 Å². The van der Waals surface area contributed by atoms with Gasteiger partial charge in [-0.05, 0) is 61.4 Å². The zero-order chi connectivity index (χ0) is 20.0. The number of benzene rings is 1. The van der Waals surface area contributed by atoms with Crippen molar-refractivity contribution in [2.45, 2.75) is 43.7 Å². The summed E-state index contributed by atoms with van der Waals surface area (Å²) in [5, 5.41) is 3.68. The van der Waals surface area contributed by atoms with Crippen molar-refractivity contribution in [2.75, 3.05) is 14.2 Å². The molecule has 0 amide bonds. The van der Waals surface area contributed by atoms with Gasteiger partial charge in [-0.15, -0.1) is 0 Å². The number of rotatable bonds is 4. The molecular weight excluding hydrogens is 366 g/mol. The lowest BCUT2D eigenvalue weighted by atomic mass is 9.87. The second kappa shape index (κ2) is 7.19. The van der Waals surface area contributed by atoms with Crippen molar-refractivity contribution in [3.63, 3.8) is 0 Å². The van der Waals surface area contributed by atoms with Gasteiger partial charge in [-0.1, -0.05) is 6.07 Å². The van der Waals surface area contributed by atoms with E-state index in [4.69, 9.17) is 14.5 Å². The predicted octanol–water partition coefficient (Wildman–Crippen LogP) is 3.38. The van der Waals surface area contributed by atoms with E-state index < -0.39 is 0 Å². The number of nitrogens with one attached hydrogen (secondary N) is 1. The minimum Gasteiger partial charge on any atom is -0.493 e. The van der Waals surface area contributed by atoms with E-state index in [1.165, 1.54) is 18.4 Å². The Morgan fingerprint density at radius 1 is 1.00 bits per heavy atom. The van der Waals surface area contributed by atoms with Crippen LogP contribution in [0.4, 0.5) is 0 Å². The first-order chi connectivity index (χ1) is 14.1. The van der Waals surface area contributed by atoms with E-state index in [2.05, 4.69) is 11.4 Å². The van der Waals surface area contributed by atoms with Crippen molar-refractivity contribution in [3.8, 4) is 22.8 Å². The number of fused-ring (bicyclic) bond motifs is 3. The Hall–Kier alpha value is -2.86. The molecule has 150 valence electrons. The summed E-state index contributed by atoms with van der Waals surface area (Å²) in [6, 6.07) is 12.5. The first kappa shape index (κ1) is 18.2. The van der Waals surface area contributed by atoms with E-state index in [-0.39, 0.29) is 5.56 Å². The molecular formula is C23H25N3O3. The SMILES string of the molecule is COc1ccc(-c2cc(=O)n3cc(C4C[C@H]5CC[C@@H](C4)N5)ccc3n2)cc1OC. The number of nitrogens with zero attached hydrogens (tertiary/aromatic N) is 2. The molecule has 2 saturated heterocycles. The molecule has 3 atom stereocenters. The van der Waals surface area contributed by atoms with E-state index in [1.807, 2.05) is 30.5 Å². The van der Waals surface area contributed by atoms with Crippen LogP contribution in [0.1, 0.15) is 37.2 Å². The monoisotopic (exact) mass is 391 g/mol. The van der Waals surface area contributed by atoms with Crippen molar-refractivity contribution < 1.29 is 9.47 Å². The van der Waals surface area contributed by atoms with Crippen LogP contribution in [0.2, 0.25) is 0 Å². The number of methoxy groups -OCH3 is 2. The minimum absolute atomic E-state index is 0.0708. The molecule has 1 aromatic carbocycles. The van der Waals surface area contributed by atoms with Gasteiger partial charge in [0.05, 0.1) is 19.9 Å². The van der Waals surface area contributed by atoms with Crippen molar-refractivity contribution >= 4 is 5.65 Å². The van der Waals surface area contributed by atoms with Gasteiger partial charge in [0, 0.05) is 29.9 Å². The molecule has 2 aliphatic rings. The quantitative estimate of drug-likeness (QED) is 0.739. The Bertz CT molecular complexity index is 1110. The number of hydrogen-bond acceptors (Lipinski definition) is 5. The third-order valence-electron chi connectivity index (χ3n) is 6.31. The van der Waals surface area contributed by atoms with Crippen molar-refractivity contribution in [1.29, 1.82) is 0 Å². The lowest BCUT2D eigenvalue weighted by molar-refractivity contribution is 0.355. The van der Waals surface area contributed by atoms with Crippen molar-refractivity contribution in [1.82, 2.24) is 14.7 Å². The molecule has 4 heterocycles. The largest absolute Gasteiger partial charge is 0.493 e. The molecule has 0 saturated carbocycles. The molecule has 0 spiro atoms. The predicted molar refractivity (Wildman–Crippen MR) is 112 cm³/mol. The van der Waals surface area contributed by atoms with Gasteiger partial charge < -0.3 is 14.8 Å². The molecule has 2 bridgehead atoms. The lowest BCUT2D eigenvalue weighted by Crippen LogP contribution is -2.37. The maximum atomic E-state index is 12.9. The molecule has 6 nitrogen and oxygen atoms in total. The van der Waals surface area contributed by atoms with Crippen LogP contribution in [0.5, 0.6) is 11.5 Å². The maximum Gasteiger partial charge on any atom is 0.258 e. The van der Waals surface area contributed by atoms with E-state index >= 15 is 0 Å². The summed E-state index contributed by atoms with van der Waals surface area (Å²) in [4.78, 5) is 17.6. The van der Waals surface area contributed by atoms with Crippen LogP contribution in [0.15, 0.2) is 47.4 Å². The van der Waals surface area contributed by atoms with Gasteiger partial charge in [-0.3, -0.25) is 9.20 Å². The van der Waals surface area contributed by atoms with Gasteiger partial charge in [-0.25, -0.2) is 4.98 Å². The number of hydrogen-bond donors (Lipinski definition) is 1. The maximum absolute atomic E-state index is 12.9. The van der Waals surface area contributed by atoms with Gasteiger partial charge in [0.25, 0.3) is 5.56 Å². The summed E-state index contributed by atoms with van der Waals surface area (Å²) in [7, 11) is 3.20. The topological polar surface area (TPSA) is 64.9 Å². The lowest BCUT2D eigenvalue weighted by Gasteiger charge is -2.29. The molecule has 0 aliphatic carbocycles. The minimum atomic E-state index is -0.0708. The molecule has 6 heteroatoms. The van der Waals surface area contributed by atoms with Gasteiger partial charge in [0.15, 0.2) is 11.5 Å². The third kappa shape index (κ3) is 3.27. The van der Waals surface area contributed by atoms with E-state index in [1.54, 1.807) is 24.7 Å². The highest BCUT2D eigenvalue weighted by molar-refractivity contribution is 5.65. The Kier molecular flexibility index (Phi) is 4.51. The summed E-state index contributed by atoms with van der Waals surface area (Å²) >= 11 is 0. The van der Waals surface area contributed by atoms with E-state index in [9.17, 15) is 4.79 Å². The summed E-state index contributed by atoms with van der Waals surface area (Å²) in [6.45, 7) is 0. The van der Waals surface area contributed by atoms with Crippen LogP contribution < -0.4 is 20.3 Å². The highest BCUT2D eigenvalue weighted by atomic mass is 16.5. The normalized spacial score (nSPS) is 23.3. The van der Waals surface area contributed by atoms with Crippen LogP contribution in [0.3, 0.4) is 0 Å². The van der Waals surface area contributed by atoms with E-state index in [0.717, 1.165) is 18.4 Å². The average molecular weight is 391 g/mol.